The Hall–Kier alpha value is -2.29. The summed E-state index contributed by atoms with van der Waals surface area (Å²) in [7, 11) is 0. The third-order valence-corrected chi connectivity index (χ3v) is 3.72. The van der Waals surface area contributed by atoms with Crippen LogP contribution in [0.5, 0.6) is 0 Å². The van der Waals surface area contributed by atoms with Crippen molar-refractivity contribution in [3.8, 4) is 0 Å². The van der Waals surface area contributed by atoms with E-state index in [9.17, 15) is 4.79 Å². The number of carbonyl (C=O) groups is 1. The Morgan fingerprint density at radius 1 is 1.05 bits per heavy atom. The van der Waals surface area contributed by atoms with Gasteiger partial charge in [0, 0.05) is 17.8 Å². The van der Waals surface area contributed by atoms with Crippen LogP contribution in [0.3, 0.4) is 0 Å². The highest BCUT2D eigenvalue weighted by molar-refractivity contribution is 5.95. The molecule has 0 radical (unpaired) electrons. The minimum Gasteiger partial charge on any atom is -0.398 e. The van der Waals surface area contributed by atoms with E-state index in [0.29, 0.717) is 17.8 Å². The molecule has 0 bridgehead atoms. The van der Waals surface area contributed by atoms with E-state index in [1.54, 1.807) is 12.1 Å². The molecule has 3 nitrogen and oxygen atoms in total. The number of nitrogen functional groups attached to an aromatic ring is 1. The maximum atomic E-state index is 12.1. The van der Waals surface area contributed by atoms with E-state index in [4.69, 9.17) is 5.73 Å². The number of nitrogens with one attached hydrogen (secondary N) is 1. The van der Waals surface area contributed by atoms with Gasteiger partial charge in [0.05, 0.1) is 0 Å². The Labute approximate surface area is 126 Å². The van der Waals surface area contributed by atoms with Crippen LogP contribution in [0.2, 0.25) is 0 Å². The van der Waals surface area contributed by atoms with Crippen LogP contribution in [-0.4, -0.2) is 12.5 Å². The topological polar surface area (TPSA) is 55.1 Å². The molecule has 0 aliphatic heterocycles. The molecule has 3 heteroatoms. The molecule has 0 saturated carbocycles. The van der Waals surface area contributed by atoms with Crippen molar-refractivity contribution < 1.29 is 4.79 Å². The molecule has 2 aromatic carbocycles. The molecule has 2 rings (SSSR count). The van der Waals surface area contributed by atoms with Crippen molar-refractivity contribution in [2.45, 2.75) is 27.2 Å². The summed E-state index contributed by atoms with van der Waals surface area (Å²) in [6, 6.07) is 11.8. The SMILES string of the molecule is Cc1ccc(CCNC(=O)c2ccc(C)c(N)c2)c(C)c1. The lowest BCUT2D eigenvalue weighted by atomic mass is 10.0. The first kappa shape index (κ1) is 15.1. The molecule has 0 aromatic heterocycles. The predicted octanol–water partition coefficient (Wildman–Crippen LogP) is 3.17. The van der Waals surface area contributed by atoms with Crippen molar-refractivity contribution in [2.75, 3.05) is 12.3 Å². The highest BCUT2D eigenvalue weighted by atomic mass is 16.1. The molecule has 0 aliphatic carbocycles. The largest absolute Gasteiger partial charge is 0.398 e. The van der Waals surface area contributed by atoms with Gasteiger partial charge in [0.15, 0.2) is 0 Å². The molecule has 3 N–H and O–H groups in total. The van der Waals surface area contributed by atoms with Gasteiger partial charge in [-0.05, 0) is 56.0 Å². The molecule has 0 fully saturated rings. The summed E-state index contributed by atoms with van der Waals surface area (Å²) in [5, 5.41) is 2.94. The average Bonchev–Trinajstić information content (AvgIpc) is 2.44. The zero-order valence-corrected chi connectivity index (χ0v) is 12.9. The second-order valence-electron chi connectivity index (χ2n) is 5.51. The summed E-state index contributed by atoms with van der Waals surface area (Å²) in [6.07, 6.45) is 0.833. The second kappa shape index (κ2) is 6.44. The zero-order chi connectivity index (χ0) is 15.4. The number of hydrogen-bond donors (Lipinski definition) is 2. The van der Waals surface area contributed by atoms with Gasteiger partial charge >= 0.3 is 0 Å². The van der Waals surface area contributed by atoms with Gasteiger partial charge in [-0.1, -0.05) is 29.8 Å². The van der Waals surface area contributed by atoms with Crippen molar-refractivity contribution in [1.82, 2.24) is 5.32 Å². The van der Waals surface area contributed by atoms with Crippen molar-refractivity contribution in [1.29, 1.82) is 0 Å². The molecule has 110 valence electrons. The van der Waals surface area contributed by atoms with E-state index >= 15 is 0 Å². The van der Waals surface area contributed by atoms with Gasteiger partial charge in [0.25, 0.3) is 5.91 Å². The van der Waals surface area contributed by atoms with Gasteiger partial charge in [-0.15, -0.1) is 0 Å². The third-order valence-electron chi connectivity index (χ3n) is 3.72. The Morgan fingerprint density at radius 3 is 2.48 bits per heavy atom. The first-order valence-corrected chi connectivity index (χ1v) is 7.18. The van der Waals surface area contributed by atoms with Crippen LogP contribution in [0, 0.1) is 20.8 Å². The normalized spacial score (nSPS) is 10.4. The molecule has 0 unspecified atom stereocenters. The number of aryl methyl sites for hydroxylation is 3. The first-order valence-electron chi connectivity index (χ1n) is 7.18. The number of anilines is 1. The highest BCUT2D eigenvalue weighted by Crippen LogP contribution is 2.13. The van der Waals surface area contributed by atoms with Crippen LogP contribution >= 0.6 is 0 Å². The van der Waals surface area contributed by atoms with Gasteiger partial charge in [-0.2, -0.15) is 0 Å². The van der Waals surface area contributed by atoms with Crippen molar-refractivity contribution in [3.63, 3.8) is 0 Å². The zero-order valence-electron chi connectivity index (χ0n) is 12.9. The molecular weight excluding hydrogens is 260 g/mol. The maximum absolute atomic E-state index is 12.1. The van der Waals surface area contributed by atoms with Crippen LogP contribution in [-0.2, 0) is 6.42 Å². The Bertz CT molecular complexity index is 662. The predicted molar refractivity (Wildman–Crippen MR) is 87.5 cm³/mol. The smallest absolute Gasteiger partial charge is 0.251 e. The Morgan fingerprint density at radius 2 is 1.81 bits per heavy atom. The van der Waals surface area contributed by atoms with Gasteiger partial charge in [0.2, 0.25) is 0 Å². The van der Waals surface area contributed by atoms with E-state index in [2.05, 4.69) is 37.4 Å². The number of benzene rings is 2. The van der Waals surface area contributed by atoms with Crippen LogP contribution in [0.25, 0.3) is 0 Å². The first-order chi connectivity index (χ1) is 9.97. The number of hydrogen-bond acceptors (Lipinski definition) is 2. The summed E-state index contributed by atoms with van der Waals surface area (Å²) >= 11 is 0. The van der Waals surface area contributed by atoms with E-state index in [-0.39, 0.29) is 5.91 Å². The van der Waals surface area contributed by atoms with E-state index < -0.39 is 0 Å². The average molecular weight is 282 g/mol. The van der Waals surface area contributed by atoms with Gasteiger partial charge in [0.1, 0.15) is 0 Å². The number of amides is 1. The summed E-state index contributed by atoms with van der Waals surface area (Å²) in [5.74, 6) is -0.0773. The van der Waals surface area contributed by atoms with Crippen molar-refractivity contribution >= 4 is 11.6 Å². The summed E-state index contributed by atoms with van der Waals surface area (Å²) in [4.78, 5) is 12.1. The lowest BCUT2D eigenvalue weighted by molar-refractivity contribution is 0.0954. The Kier molecular flexibility index (Phi) is 4.63. The molecule has 0 aliphatic rings. The molecule has 0 saturated heterocycles. The standard InChI is InChI=1S/C18H22N2O/c1-12-4-6-15(14(3)10-12)8-9-20-18(21)16-7-5-13(2)17(19)11-16/h4-7,10-11H,8-9,19H2,1-3H3,(H,20,21). The lowest BCUT2D eigenvalue weighted by Crippen LogP contribution is -2.26. The Balaban J connectivity index is 1.93. The fourth-order valence-corrected chi connectivity index (χ4v) is 2.32. The van der Waals surface area contributed by atoms with Gasteiger partial charge < -0.3 is 11.1 Å². The molecule has 2 aromatic rings. The number of carbonyl (C=O) groups excluding carboxylic acids is 1. The lowest BCUT2D eigenvalue weighted by Gasteiger charge is -2.09. The molecule has 0 spiro atoms. The van der Waals surface area contributed by atoms with Crippen molar-refractivity contribution in [3.05, 3.63) is 64.2 Å². The second-order valence-corrected chi connectivity index (χ2v) is 5.51. The van der Waals surface area contributed by atoms with E-state index in [0.717, 1.165) is 12.0 Å². The minimum atomic E-state index is -0.0773. The van der Waals surface area contributed by atoms with E-state index in [1.807, 2.05) is 13.0 Å². The fraction of sp³-hybridized carbons (Fsp3) is 0.278. The molecule has 21 heavy (non-hydrogen) atoms. The quantitative estimate of drug-likeness (QED) is 0.846. The molecule has 1 amide bonds. The summed E-state index contributed by atoms with van der Waals surface area (Å²) in [5.41, 5.74) is 11.9. The molecule has 0 heterocycles. The monoisotopic (exact) mass is 282 g/mol. The highest BCUT2D eigenvalue weighted by Gasteiger charge is 2.07. The molecule has 0 atom stereocenters. The third kappa shape index (κ3) is 3.85. The van der Waals surface area contributed by atoms with E-state index in [1.165, 1.54) is 16.7 Å². The van der Waals surface area contributed by atoms with Crippen LogP contribution in [0.15, 0.2) is 36.4 Å². The molecular formula is C18H22N2O. The number of rotatable bonds is 4. The maximum Gasteiger partial charge on any atom is 0.251 e. The van der Waals surface area contributed by atoms with Crippen molar-refractivity contribution in [2.24, 2.45) is 0 Å². The summed E-state index contributed by atoms with van der Waals surface area (Å²) < 4.78 is 0. The van der Waals surface area contributed by atoms with Gasteiger partial charge in [-0.3, -0.25) is 4.79 Å². The summed E-state index contributed by atoms with van der Waals surface area (Å²) in [6.45, 7) is 6.73. The van der Waals surface area contributed by atoms with Crippen LogP contribution < -0.4 is 11.1 Å². The number of nitrogens with two attached hydrogens (primary N) is 1. The van der Waals surface area contributed by atoms with Crippen LogP contribution in [0.1, 0.15) is 32.6 Å². The minimum absolute atomic E-state index is 0.0773. The fourth-order valence-electron chi connectivity index (χ4n) is 2.32. The van der Waals surface area contributed by atoms with Gasteiger partial charge in [-0.25, -0.2) is 0 Å². The van der Waals surface area contributed by atoms with Crippen LogP contribution in [0.4, 0.5) is 5.69 Å².